The number of nitrogens with one attached hydrogen (secondary N) is 1. The van der Waals surface area contributed by atoms with Gasteiger partial charge in [-0.3, -0.25) is 9.59 Å². The van der Waals surface area contributed by atoms with E-state index >= 15 is 0 Å². The molecule has 1 aromatic heterocycles. The van der Waals surface area contributed by atoms with E-state index in [1.807, 2.05) is 12.1 Å². The topological polar surface area (TPSA) is 95.3 Å². The lowest BCUT2D eigenvalue weighted by Crippen LogP contribution is -2.27. The van der Waals surface area contributed by atoms with Crippen LogP contribution < -0.4 is 14.8 Å². The molecule has 134 valence electrons. The molecule has 0 aliphatic carbocycles. The maximum absolute atomic E-state index is 12.3. The fraction of sp³-hybridized carbons (Fsp3) is 0.222. The average molecular weight is 354 g/mol. The summed E-state index contributed by atoms with van der Waals surface area (Å²) >= 11 is 0. The Bertz CT molecular complexity index is 929. The second-order valence-electron chi connectivity index (χ2n) is 5.49. The summed E-state index contributed by atoms with van der Waals surface area (Å²) in [7, 11) is 3.02. The van der Waals surface area contributed by atoms with Crippen molar-refractivity contribution in [1.29, 1.82) is 0 Å². The van der Waals surface area contributed by atoms with Crippen molar-refractivity contribution in [3.05, 3.63) is 48.0 Å². The SMILES string of the molecule is COc1cc(OC)cc(C(=O)NCCC(=O)n2nnc3ccccc32)c1. The van der Waals surface area contributed by atoms with Crippen molar-refractivity contribution in [2.24, 2.45) is 0 Å². The van der Waals surface area contributed by atoms with Crippen LogP contribution in [0.5, 0.6) is 11.5 Å². The number of carbonyl (C=O) groups is 2. The minimum Gasteiger partial charge on any atom is -0.497 e. The Morgan fingerprint density at radius 2 is 1.77 bits per heavy atom. The Morgan fingerprint density at radius 3 is 2.46 bits per heavy atom. The van der Waals surface area contributed by atoms with E-state index in [1.54, 1.807) is 30.3 Å². The molecular formula is C18H18N4O4. The number of methoxy groups -OCH3 is 2. The molecule has 0 spiro atoms. The second-order valence-corrected chi connectivity index (χ2v) is 5.49. The van der Waals surface area contributed by atoms with E-state index < -0.39 is 0 Å². The van der Waals surface area contributed by atoms with Gasteiger partial charge in [0.05, 0.1) is 19.7 Å². The van der Waals surface area contributed by atoms with Crippen LogP contribution in [0.3, 0.4) is 0 Å². The van der Waals surface area contributed by atoms with E-state index in [2.05, 4.69) is 15.6 Å². The summed E-state index contributed by atoms with van der Waals surface area (Å²) in [5, 5.41) is 10.5. The number of benzene rings is 2. The monoisotopic (exact) mass is 354 g/mol. The number of nitrogens with zero attached hydrogens (tertiary/aromatic N) is 3. The first-order chi connectivity index (χ1) is 12.6. The Morgan fingerprint density at radius 1 is 1.08 bits per heavy atom. The van der Waals surface area contributed by atoms with E-state index in [0.717, 1.165) is 0 Å². The average Bonchev–Trinajstić information content (AvgIpc) is 3.11. The fourth-order valence-electron chi connectivity index (χ4n) is 2.48. The summed E-state index contributed by atoms with van der Waals surface area (Å²) in [5.74, 6) is 0.458. The molecule has 8 nitrogen and oxygen atoms in total. The number of hydrogen-bond donors (Lipinski definition) is 1. The molecule has 1 heterocycles. The minimum absolute atomic E-state index is 0.0974. The molecule has 3 rings (SSSR count). The normalized spacial score (nSPS) is 10.5. The van der Waals surface area contributed by atoms with Gasteiger partial charge in [0.1, 0.15) is 17.0 Å². The van der Waals surface area contributed by atoms with E-state index in [4.69, 9.17) is 9.47 Å². The predicted molar refractivity (Wildman–Crippen MR) is 94.7 cm³/mol. The van der Waals surface area contributed by atoms with Crippen molar-refractivity contribution >= 4 is 22.8 Å². The number of para-hydroxylation sites is 1. The van der Waals surface area contributed by atoms with E-state index in [-0.39, 0.29) is 24.8 Å². The van der Waals surface area contributed by atoms with Gasteiger partial charge < -0.3 is 14.8 Å². The van der Waals surface area contributed by atoms with Crippen LogP contribution in [0.25, 0.3) is 11.0 Å². The lowest BCUT2D eigenvalue weighted by molar-refractivity contribution is 0.0882. The molecule has 1 N–H and O–H groups in total. The number of ether oxygens (including phenoxy) is 2. The molecule has 0 saturated heterocycles. The van der Waals surface area contributed by atoms with Crippen molar-refractivity contribution < 1.29 is 19.1 Å². The van der Waals surface area contributed by atoms with Crippen molar-refractivity contribution in [1.82, 2.24) is 20.3 Å². The third kappa shape index (κ3) is 3.64. The number of aromatic nitrogens is 3. The summed E-state index contributed by atoms with van der Waals surface area (Å²) in [5.41, 5.74) is 1.68. The highest BCUT2D eigenvalue weighted by atomic mass is 16.5. The quantitative estimate of drug-likeness (QED) is 0.726. The third-order valence-electron chi connectivity index (χ3n) is 3.83. The van der Waals surface area contributed by atoms with Gasteiger partial charge in [0.2, 0.25) is 0 Å². The largest absolute Gasteiger partial charge is 0.497 e. The molecule has 3 aromatic rings. The van der Waals surface area contributed by atoms with E-state index in [1.165, 1.54) is 18.9 Å². The third-order valence-corrected chi connectivity index (χ3v) is 3.83. The van der Waals surface area contributed by atoms with Crippen LogP contribution in [0, 0.1) is 0 Å². The Labute approximate surface area is 149 Å². The minimum atomic E-state index is -0.321. The molecule has 0 fully saturated rings. The molecule has 0 aliphatic rings. The highest BCUT2D eigenvalue weighted by Gasteiger charge is 2.13. The van der Waals surface area contributed by atoms with Crippen LogP contribution in [-0.4, -0.2) is 47.6 Å². The first kappa shape index (κ1) is 17.4. The van der Waals surface area contributed by atoms with Gasteiger partial charge in [0, 0.05) is 24.6 Å². The maximum Gasteiger partial charge on any atom is 0.251 e. The second kappa shape index (κ2) is 7.64. The number of rotatable bonds is 6. The van der Waals surface area contributed by atoms with Crippen LogP contribution in [-0.2, 0) is 0 Å². The summed E-state index contributed by atoms with van der Waals surface area (Å²) in [6.45, 7) is 0.172. The van der Waals surface area contributed by atoms with Gasteiger partial charge >= 0.3 is 0 Å². The van der Waals surface area contributed by atoms with Crippen molar-refractivity contribution in [3.8, 4) is 11.5 Å². The maximum atomic E-state index is 12.3. The van der Waals surface area contributed by atoms with E-state index in [9.17, 15) is 9.59 Å². The van der Waals surface area contributed by atoms with Crippen molar-refractivity contribution in [3.63, 3.8) is 0 Å². The van der Waals surface area contributed by atoms with Gasteiger partial charge in [-0.15, -0.1) is 5.10 Å². The molecule has 0 atom stereocenters. The Kier molecular flexibility index (Phi) is 5.12. The van der Waals surface area contributed by atoms with Crippen LogP contribution in [0.2, 0.25) is 0 Å². The highest BCUT2D eigenvalue weighted by Crippen LogP contribution is 2.22. The first-order valence-electron chi connectivity index (χ1n) is 7.97. The van der Waals surface area contributed by atoms with Crippen molar-refractivity contribution in [2.75, 3.05) is 20.8 Å². The zero-order valence-electron chi connectivity index (χ0n) is 14.4. The lowest BCUT2D eigenvalue weighted by atomic mass is 10.2. The number of carbonyl (C=O) groups excluding carboxylic acids is 2. The van der Waals surface area contributed by atoms with Gasteiger partial charge in [-0.2, -0.15) is 4.68 Å². The van der Waals surface area contributed by atoms with Gasteiger partial charge in [0.25, 0.3) is 11.8 Å². The number of hydrogen-bond acceptors (Lipinski definition) is 6. The van der Waals surface area contributed by atoms with Crippen LogP contribution >= 0.6 is 0 Å². The zero-order chi connectivity index (χ0) is 18.5. The number of amides is 1. The smallest absolute Gasteiger partial charge is 0.251 e. The van der Waals surface area contributed by atoms with E-state index in [0.29, 0.717) is 28.1 Å². The molecule has 2 aromatic carbocycles. The highest BCUT2D eigenvalue weighted by molar-refractivity contribution is 5.95. The van der Waals surface area contributed by atoms with Gasteiger partial charge in [0.15, 0.2) is 0 Å². The fourth-order valence-corrected chi connectivity index (χ4v) is 2.48. The molecule has 1 amide bonds. The molecule has 0 saturated carbocycles. The van der Waals surface area contributed by atoms with Crippen LogP contribution in [0.15, 0.2) is 42.5 Å². The standard InChI is InChI=1S/C18H18N4O4/c1-25-13-9-12(10-14(11-13)26-2)18(24)19-8-7-17(23)22-16-6-4-3-5-15(16)20-21-22/h3-6,9-11H,7-8H2,1-2H3,(H,19,24). The molecule has 26 heavy (non-hydrogen) atoms. The summed E-state index contributed by atoms with van der Waals surface area (Å²) < 4.78 is 11.5. The molecule has 0 radical (unpaired) electrons. The Hall–Kier alpha value is -3.42. The van der Waals surface area contributed by atoms with Gasteiger partial charge in [-0.25, -0.2) is 0 Å². The van der Waals surface area contributed by atoms with Crippen LogP contribution in [0.4, 0.5) is 0 Å². The van der Waals surface area contributed by atoms with Crippen LogP contribution in [0.1, 0.15) is 21.6 Å². The summed E-state index contributed by atoms with van der Waals surface area (Å²) in [6.07, 6.45) is 0.0974. The predicted octanol–water partition coefficient (Wildman–Crippen LogP) is 1.91. The molecule has 0 aliphatic heterocycles. The molecular weight excluding hydrogens is 336 g/mol. The lowest BCUT2D eigenvalue weighted by Gasteiger charge is -2.09. The molecule has 8 heteroatoms. The number of fused-ring (bicyclic) bond motifs is 1. The summed E-state index contributed by atoms with van der Waals surface area (Å²) in [4.78, 5) is 24.6. The van der Waals surface area contributed by atoms with Gasteiger partial charge in [-0.1, -0.05) is 17.3 Å². The molecule has 0 bridgehead atoms. The first-order valence-corrected chi connectivity index (χ1v) is 7.97. The summed E-state index contributed by atoms with van der Waals surface area (Å²) in [6, 6.07) is 12.1. The van der Waals surface area contributed by atoms with Gasteiger partial charge in [-0.05, 0) is 24.3 Å². The van der Waals surface area contributed by atoms with Crippen molar-refractivity contribution in [2.45, 2.75) is 6.42 Å². The Balaban J connectivity index is 1.62. The zero-order valence-corrected chi connectivity index (χ0v) is 14.4. The molecule has 0 unspecified atom stereocenters.